The minimum atomic E-state index is -4.68. The van der Waals surface area contributed by atoms with Crippen LogP contribution in [0.4, 0.5) is 13.2 Å². The topological polar surface area (TPSA) is 77.6 Å². The average molecular weight is 292 g/mol. The van der Waals surface area contributed by atoms with Crippen LogP contribution in [-0.4, -0.2) is 32.0 Å². The minimum Gasteiger partial charge on any atom is -0.490 e. The van der Waals surface area contributed by atoms with E-state index in [0.29, 0.717) is 17.9 Å². The molecule has 0 heterocycles. The normalized spacial score (nSPS) is 11.2. The molecule has 0 aliphatic carbocycles. The van der Waals surface area contributed by atoms with Crippen molar-refractivity contribution in [2.45, 2.75) is 13.3 Å². The van der Waals surface area contributed by atoms with E-state index in [0.717, 1.165) is 0 Å². The molecule has 0 spiro atoms. The molecule has 0 bridgehead atoms. The summed E-state index contributed by atoms with van der Waals surface area (Å²) in [5.74, 6) is 0.438. The number of amidine groups is 1. The standard InChI is InChI=1S/C12H15F3N2O3/c1-2-18-10-7-8(11(16)17)3-4-9(10)19-5-6-20-12(13,14)15/h3-4,7H,2,5-6H2,1H3,(H3,16,17). The summed E-state index contributed by atoms with van der Waals surface area (Å²) in [6.45, 7) is 1.19. The van der Waals surface area contributed by atoms with Crippen molar-refractivity contribution in [2.24, 2.45) is 5.73 Å². The Labute approximate surface area is 113 Å². The van der Waals surface area contributed by atoms with Crippen molar-refractivity contribution in [1.82, 2.24) is 0 Å². The molecule has 1 aromatic carbocycles. The molecule has 112 valence electrons. The summed E-state index contributed by atoms with van der Waals surface area (Å²) < 4.78 is 49.4. The highest BCUT2D eigenvalue weighted by atomic mass is 19.4. The van der Waals surface area contributed by atoms with Crippen LogP contribution in [-0.2, 0) is 4.74 Å². The molecule has 5 nitrogen and oxygen atoms in total. The van der Waals surface area contributed by atoms with Crippen LogP contribution in [0.25, 0.3) is 0 Å². The van der Waals surface area contributed by atoms with E-state index >= 15 is 0 Å². The zero-order chi connectivity index (χ0) is 15.2. The Morgan fingerprint density at radius 2 is 1.90 bits per heavy atom. The van der Waals surface area contributed by atoms with Crippen molar-refractivity contribution in [3.8, 4) is 11.5 Å². The van der Waals surface area contributed by atoms with Crippen LogP contribution in [0.15, 0.2) is 18.2 Å². The number of alkyl halides is 3. The first kappa shape index (κ1) is 16.1. The first-order chi connectivity index (χ1) is 9.33. The largest absolute Gasteiger partial charge is 0.522 e. The monoisotopic (exact) mass is 292 g/mol. The van der Waals surface area contributed by atoms with Crippen LogP contribution in [0.5, 0.6) is 11.5 Å². The summed E-state index contributed by atoms with van der Waals surface area (Å²) in [7, 11) is 0. The lowest BCUT2D eigenvalue weighted by Gasteiger charge is -2.13. The Balaban J connectivity index is 2.66. The Morgan fingerprint density at radius 1 is 1.20 bits per heavy atom. The molecule has 1 aromatic rings. The smallest absolute Gasteiger partial charge is 0.490 e. The van der Waals surface area contributed by atoms with E-state index in [2.05, 4.69) is 4.74 Å². The van der Waals surface area contributed by atoms with Gasteiger partial charge in [-0.15, -0.1) is 13.2 Å². The number of halogens is 3. The van der Waals surface area contributed by atoms with Crippen LogP contribution in [0.3, 0.4) is 0 Å². The lowest BCUT2D eigenvalue weighted by atomic mass is 10.2. The lowest BCUT2D eigenvalue weighted by molar-refractivity contribution is -0.325. The van der Waals surface area contributed by atoms with Crippen molar-refractivity contribution >= 4 is 5.84 Å². The highest BCUT2D eigenvalue weighted by Crippen LogP contribution is 2.28. The second-order valence-electron chi connectivity index (χ2n) is 3.65. The van der Waals surface area contributed by atoms with Crippen LogP contribution >= 0.6 is 0 Å². The van der Waals surface area contributed by atoms with Crippen molar-refractivity contribution in [2.75, 3.05) is 19.8 Å². The molecular formula is C12H15F3N2O3. The SMILES string of the molecule is CCOc1cc(C(=N)N)ccc1OCCOC(F)(F)F. The second kappa shape index (κ2) is 6.99. The Morgan fingerprint density at radius 3 is 2.45 bits per heavy atom. The van der Waals surface area contributed by atoms with E-state index in [9.17, 15) is 13.2 Å². The van der Waals surface area contributed by atoms with Crippen molar-refractivity contribution in [3.63, 3.8) is 0 Å². The molecular weight excluding hydrogens is 277 g/mol. The number of rotatable bonds is 7. The fourth-order valence-corrected chi connectivity index (χ4v) is 1.37. The van der Waals surface area contributed by atoms with E-state index < -0.39 is 13.0 Å². The minimum absolute atomic E-state index is 0.141. The molecule has 1 rings (SSSR count). The molecule has 0 saturated carbocycles. The number of nitrogens with two attached hydrogens (primary N) is 1. The Bertz CT molecular complexity index is 464. The molecule has 0 aliphatic heterocycles. The molecule has 0 fully saturated rings. The van der Waals surface area contributed by atoms with Crippen molar-refractivity contribution in [1.29, 1.82) is 5.41 Å². The fourth-order valence-electron chi connectivity index (χ4n) is 1.37. The van der Waals surface area contributed by atoms with Crippen LogP contribution in [0, 0.1) is 5.41 Å². The molecule has 20 heavy (non-hydrogen) atoms. The molecule has 3 N–H and O–H groups in total. The molecule has 0 atom stereocenters. The first-order valence-corrected chi connectivity index (χ1v) is 5.78. The number of nitrogens with one attached hydrogen (secondary N) is 1. The Hall–Kier alpha value is -1.96. The number of ether oxygens (including phenoxy) is 3. The zero-order valence-corrected chi connectivity index (χ0v) is 10.8. The quantitative estimate of drug-likeness (QED) is 0.459. The van der Waals surface area contributed by atoms with Gasteiger partial charge in [0.05, 0.1) is 13.2 Å². The molecule has 0 aromatic heterocycles. The zero-order valence-electron chi connectivity index (χ0n) is 10.8. The molecule has 0 unspecified atom stereocenters. The predicted octanol–water partition coefficient (Wildman–Crippen LogP) is 2.28. The van der Waals surface area contributed by atoms with E-state index in [4.69, 9.17) is 20.6 Å². The van der Waals surface area contributed by atoms with Gasteiger partial charge in [0.2, 0.25) is 0 Å². The van der Waals surface area contributed by atoms with Gasteiger partial charge in [-0.1, -0.05) is 0 Å². The summed E-state index contributed by atoms with van der Waals surface area (Å²) in [6.07, 6.45) is -4.68. The van der Waals surface area contributed by atoms with Crippen LogP contribution in [0.2, 0.25) is 0 Å². The highest BCUT2D eigenvalue weighted by Gasteiger charge is 2.28. The summed E-state index contributed by atoms with van der Waals surface area (Å²) in [6, 6.07) is 4.49. The second-order valence-corrected chi connectivity index (χ2v) is 3.65. The number of benzene rings is 1. The Kier molecular flexibility index (Phi) is 5.63. The van der Waals surface area contributed by atoms with Gasteiger partial charge in [-0.05, 0) is 25.1 Å². The van der Waals surface area contributed by atoms with Gasteiger partial charge in [0.15, 0.2) is 11.5 Å². The maximum Gasteiger partial charge on any atom is 0.522 e. The first-order valence-electron chi connectivity index (χ1n) is 5.78. The van der Waals surface area contributed by atoms with Gasteiger partial charge in [0.1, 0.15) is 12.4 Å². The third kappa shape index (κ3) is 5.35. The number of hydrogen-bond donors (Lipinski definition) is 2. The van der Waals surface area contributed by atoms with E-state index in [1.807, 2.05) is 0 Å². The third-order valence-electron chi connectivity index (χ3n) is 2.16. The fraction of sp³-hybridized carbons (Fsp3) is 0.417. The highest BCUT2D eigenvalue weighted by molar-refractivity contribution is 5.95. The van der Waals surface area contributed by atoms with Gasteiger partial charge in [0.25, 0.3) is 0 Å². The number of nitrogen functional groups attached to an aromatic ring is 1. The number of hydrogen-bond acceptors (Lipinski definition) is 4. The molecule has 8 heteroatoms. The van der Waals surface area contributed by atoms with Crippen molar-refractivity contribution < 1.29 is 27.4 Å². The van der Waals surface area contributed by atoms with Gasteiger partial charge in [-0.2, -0.15) is 0 Å². The van der Waals surface area contributed by atoms with Gasteiger partial charge in [-0.3, -0.25) is 10.1 Å². The maximum atomic E-state index is 11.8. The predicted molar refractivity (Wildman–Crippen MR) is 66.1 cm³/mol. The van der Waals surface area contributed by atoms with Gasteiger partial charge in [-0.25, -0.2) is 0 Å². The molecule has 0 amide bonds. The summed E-state index contributed by atoms with van der Waals surface area (Å²) in [5.41, 5.74) is 5.78. The average Bonchev–Trinajstić information content (AvgIpc) is 2.35. The third-order valence-corrected chi connectivity index (χ3v) is 2.16. The van der Waals surface area contributed by atoms with Crippen molar-refractivity contribution in [3.05, 3.63) is 23.8 Å². The maximum absolute atomic E-state index is 11.8. The van der Waals surface area contributed by atoms with Crippen LogP contribution < -0.4 is 15.2 Å². The van der Waals surface area contributed by atoms with E-state index in [1.54, 1.807) is 6.92 Å². The van der Waals surface area contributed by atoms with E-state index in [-0.39, 0.29) is 18.2 Å². The van der Waals surface area contributed by atoms with Gasteiger partial charge < -0.3 is 15.2 Å². The summed E-state index contributed by atoms with van der Waals surface area (Å²) in [4.78, 5) is 0. The summed E-state index contributed by atoms with van der Waals surface area (Å²) >= 11 is 0. The van der Waals surface area contributed by atoms with E-state index in [1.165, 1.54) is 18.2 Å². The molecule has 0 radical (unpaired) electrons. The summed E-state index contributed by atoms with van der Waals surface area (Å²) in [5, 5.41) is 7.31. The molecule has 0 aliphatic rings. The van der Waals surface area contributed by atoms with Gasteiger partial charge >= 0.3 is 6.36 Å². The lowest BCUT2D eigenvalue weighted by Crippen LogP contribution is -2.18. The molecule has 0 saturated heterocycles. The van der Waals surface area contributed by atoms with Gasteiger partial charge in [0, 0.05) is 5.56 Å². The van der Waals surface area contributed by atoms with Crippen LogP contribution in [0.1, 0.15) is 12.5 Å².